The van der Waals surface area contributed by atoms with Crippen LogP contribution in [-0.2, 0) is 4.79 Å². The van der Waals surface area contributed by atoms with Gasteiger partial charge >= 0.3 is 0 Å². The summed E-state index contributed by atoms with van der Waals surface area (Å²) in [4.78, 5) is 26.5. The zero-order valence-electron chi connectivity index (χ0n) is 19.6. The summed E-state index contributed by atoms with van der Waals surface area (Å²) < 4.78 is 0. The molecular formula is C23H44N6O. The molecule has 0 radical (unpaired) electrons. The Labute approximate surface area is 183 Å². The van der Waals surface area contributed by atoms with Crippen LogP contribution in [0.2, 0.25) is 0 Å². The van der Waals surface area contributed by atoms with E-state index in [0.29, 0.717) is 5.91 Å². The highest BCUT2D eigenvalue weighted by molar-refractivity contribution is 5.82. The van der Waals surface area contributed by atoms with Crippen molar-refractivity contribution in [3.63, 3.8) is 0 Å². The van der Waals surface area contributed by atoms with Crippen molar-refractivity contribution in [1.29, 1.82) is 0 Å². The Balaban J connectivity index is 1.32. The van der Waals surface area contributed by atoms with E-state index in [2.05, 4.69) is 38.9 Å². The lowest BCUT2D eigenvalue weighted by Crippen LogP contribution is -2.57. The number of unbranched alkanes of at least 4 members (excludes halogenated alkanes) is 1. The van der Waals surface area contributed by atoms with Gasteiger partial charge in [-0.25, -0.2) is 0 Å². The van der Waals surface area contributed by atoms with Gasteiger partial charge in [0.05, 0.1) is 6.04 Å². The predicted molar refractivity (Wildman–Crippen MR) is 124 cm³/mol. The molecule has 0 bridgehead atoms. The third kappa shape index (κ3) is 6.58. The highest BCUT2D eigenvalue weighted by atomic mass is 16.2. The summed E-state index contributed by atoms with van der Waals surface area (Å²) >= 11 is 0. The van der Waals surface area contributed by atoms with Gasteiger partial charge in [-0.15, -0.1) is 0 Å². The minimum absolute atomic E-state index is 0.00210. The lowest BCUT2D eigenvalue weighted by Gasteiger charge is -2.39. The first-order chi connectivity index (χ1) is 14.6. The van der Waals surface area contributed by atoms with Crippen LogP contribution in [0.5, 0.6) is 0 Å². The first kappa shape index (κ1) is 23.3. The van der Waals surface area contributed by atoms with Gasteiger partial charge in [0.1, 0.15) is 0 Å². The Morgan fingerprint density at radius 1 is 1.00 bits per heavy atom. The monoisotopic (exact) mass is 420 g/mol. The zero-order chi connectivity index (χ0) is 21.3. The fourth-order valence-corrected chi connectivity index (χ4v) is 5.16. The molecule has 1 N–H and O–H groups in total. The SMILES string of the molecule is CN=C(NCCCCN1CCCC(C)C1)N1CCN(C(C)C(=O)N2CCCC2)CC1. The molecule has 1 amide bonds. The molecule has 0 aromatic heterocycles. The topological polar surface area (TPSA) is 54.4 Å². The molecule has 3 fully saturated rings. The number of nitrogens with zero attached hydrogens (tertiary/aromatic N) is 5. The molecule has 172 valence electrons. The molecule has 3 aliphatic heterocycles. The van der Waals surface area contributed by atoms with Crippen LogP contribution in [0.15, 0.2) is 4.99 Å². The van der Waals surface area contributed by atoms with E-state index in [1.807, 2.05) is 11.9 Å². The smallest absolute Gasteiger partial charge is 0.239 e. The molecule has 0 saturated carbocycles. The Hall–Kier alpha value is -1.34. The second kappa shape index (κ2) is 11.9. The Bertz CT molecular complexity index is 554. The summed E-state index contributed by atoms with van der Waals surface area (Å²) in [6, 6.07) is -0.00210. The maximum Gasteiger partial charge on any atom is 0.239 e. The van der Waals surface area contributed by atoms with Crippen molar-refractivity contribution < 1.29 is 4.79 Å². The largest absolute Gasteiger partial charge is 0.356 e. The van der Waals surface area contributed by atoms with Crippen LogP contribution in [-0.4, -0.2) is 110 Å². The number of piperidine rings is 1. The van der Waals surface area contributed by atoms with Crippen molar-refractivity contribution in [2.75, 3.05) is 72.5 Å². The van der Waals surface area contributed by atoms with Crippen LogP contribution in [0.25, 0.3) is 0 Å². The lowest BCUT2D eigenvalue weighted by molar-refractivity contribution is -0.135. The van der Waals surface area contributed by atoms with Crippen molar-refractivity contribution in [2.45, 2.75) is 58.4 Å². The number of rotatable bonds is 7. The van der Waals surface area contributed by atoms with E-state index in [-0.39, 0.29) is 6.04 Å². The molecule has 3 heterocycles. The van der Waals surface area contributed by atoms with Crippen molar-refractivity contribution in [2.24, 2.45) is 10.9 Å². The number of hydrogen-bond acceptors (Lipinski definition) is 4. The molecule has 30 heavy (non-hydrogen) atoms. The molecule has 7 heteroatoms. The van der Waals surface area contributed by atoms with Gasteiger partial charge in [0.25, 0.3) is 0 Å². The van der Waals surface area contributed by atoms with E-state index in [4.69, 9.17) is 0 Å². The first-order valence-electron chi connectivity index (χ1n) is 12.3. The molecule has 0 spiro atoms. The van der Waals surface area contributed by atoms with Gasteiger partial charge in [-0.3, -0.25) is 14.7 Å². The number of aliphatic imine (C=N–C) groups is 1. The third-order valence-electron chi connectivity index (χ3n) is 7.07. The van der Waals surface area contributed by atoms with Crippen LogP contribution >= 0.6 is 0 Å². The van der Waals surface area contributed by atoms with Crippen LogP contribution in [0.4, 0.5) is 0 Å². The van der Waals surface area contributed by atoms with E-state index in [0.717, 1.165) is 70.5 Å². The number of guanidine groups is 1. The predicted octanol–water partition coefficient (Wildman–Crippen LogP) is 1.70. The van der Waals surface area contributed by atoms with Gasteiger partial charge in [0.2, 0.25) is 5.91 Å². The average molecular weight is 421 g/mol. The Morgan fingerprint density at radius 2 is 1.73 bits per heavy atom. The van der Waals surface area contributed by atoms with Crippen molar-refractivity contribution >= 4 is 11.9 Å². The minimum atomic E-state index is -0.00210. The number of hydrogen-bond donors (Lipinski definition) is 1. The second-order valence-electron chi connectivity index (χ2n) is 9.46. The maximum absolute atomic E-state index is 12.7. The maximum atomic E-state index is 12.7. The number of carbonyl (C=O) groups is 1. The number of nitrogens with one attached hydrogen (secondary N) is 1. The third-order valence-corrected chi connectivity index (χ3v) is 7.07. The van der Waals surface area contributed by atoms with Crippen LogP contribution in [0, 0.1) is 5.92 Å². The summed E-state index contributed by atoms with van der Waals surface area (Å²) in [6.45, 7) is 14.8. The number of likely N-dealkylation sites (tertiary alicyclic amines) is 2. The molecule has 0 aliphatic carbocycles. The van der Waals surface area contributed by atoms with Gasteiger partial charge in [-0.05, 0) is 64.5 Å². The summed E-state index contributed by atoms with van der Waals surface area (Å²) in [5, 5.41) is 3.56. The highest BCUT2D eigenvalue weighted by Crippen LogP contribution is 2.16. The van der Waals surface area contributed by atoms with E-state index in [1.54, 1.807) is 0 Å². The van der Waals surface area contributed by atoms with Crippen molar-refractivity contribution in [3.8, 4) is 0 Å². The van der Waals surface area contributed by atoms with E-state index < -0.39 is 0 Å². The molecular weight excluding hydrogens is 376 g/mol. The van der Waals surface area contributed by atoms with Gasteiger partial charge < -0.3 is 20.0 Å². The van der Waals surface area contributed by atoms with Gasteiger partial charge in [-0.2, -0.15) is 0 Å². The van der Waals surface area contributed by atoms with Gasteiger partial charge in [0.15, 0.2) is 5.96 Å². The standard InChI is InChI=1S/C23H44N6O/c1-20-9-8-12-26(19-20)11-5-4-10-25-23(24-3)29-17-15-27(16-18-29)21(2)22(30)28-13-6-7-14-28/h20-21H,4-19H2,1-3H3,(H,24,25). The lowest BCUT2D eigenvalue weighted by atomic mass is 10.0. The summed E-state index contributed by atoms with van der Waals surface area (Å²) in [5.74, 6) is 2.19. The molecule has 2 unspecified atom stereocenters. The molecule has 3 saturated heterocycles. The second-order valence-corrected chi connectivity index (χ2v) is 9.46. The number of piperazine rings is 1. The fraction of sp³-hybridized carbons (Fsp3) is 0.913. The van der Waals surface area contributed by atoms with Crippen LogP contribution < -0.4 is 5.32 Å². The highest BCUT2D eigenvalue weighted by Gasteiger charge is 2.30. The fourth-order valence-electron chi connectivity index (χ4n) is 5.16. The van der Waals surface area contributed by atoms with Crippen LogP contribution in [0.3, 0.4) is 0 Å². The molecule has 0 aromatic rings. The van der Waals surface area contributed by atoms with Crippen molar-refractivity contribution in [3.05, 3.63) is 0 Å². The van der Waals surface area contributed by atoms with E-state index in [9.17, 15) is 4.79 Å². The molecule has 3 rings (SSSR count). The van der Waals surface area contributed by atoms with Gasteiger partial charge in [-0.1, -0.05) is 6.92 Å². The molecule has 2 atom stereocenters. The summed E-state index contributed by atoms with van der Waals surface area (Å²) in [5.41, 5.74) is 0. The molecule has 3 aliphatic rings. The average Bonchev–Trinajstić information content (AvgIpc) is 3.30. The van der Waals surface area contributed by atoms with E-state index >= 15 is 0 Å². The normalized spacial score (nSPS) is 25.6. The first-order valence-corrected chi connectivity index (χ1v) is 12.3. The molecule has 0 aromatic carbocycles. The number of carbonyl (C=O) groups excluding carboxylic acids is 1. The summed E-state index contributed by atoms with van der Waals surface area (Å²) in [7, 11) is 1.88. The van der Waals surface area contributed by atoms with E-state index in [1.165, 1.54) is 45.3 Å². The van der Waals surface area contributed by atoms with Gasteiger partial charge in [0, 0.05) is 59.4 Å². The molecule has 7 nitrogen and oxygen atoms in total. The quantitative estimate of drug-likeness (QED) is 0.386. The number of amides is 1. The summed E-state index contributed by atoms with van der Waals surface area (Å²) in [6.07, 6.45) is 7.51. The zero-order valence-corrected chi connectivity index (χ0v) is 19.6. The van der Waals surface area contributed by atoms with Crippen molar-refractivity contribution in [1.82, 2.24) is 24.9 Å². The minimum Gasteiger partial charge on any atom is -0.356 e. The van der Waals surface area contributed by atoms with Crippen LogP contribution in [0.1, 0.15) is 52.4 Å². The Morgan fingerprint density at radius 3 is 2.40 bits per heavy atom. The Kier molecular flexibility index (Phi) is 9.25.